The molecule has 1 amide bonds. The van der Waals surface area contributed by atoms with Crippen LogP contribution < -0.4 is 4.90 Å². The molecule has 2 aliphatic rings. The van der Waals surface area contributed by atoms with Crippen LogP contribution in [-0.4, -0.2) is 65.3 Å². The molecule has 3 heterocycles. The largest absolute Gasteiger partial charge is 0.454 e. The predicted octanol–water partition coefficient (Wildman–Crippen LogP) is 3.68. The van der Waals surface area contributed by atoms with Crippen LogP contribution in [0.2, 0.25) is 0 Å². The minimum absolute atomic E-state index is 0.00493. The van der Waals surface area contributed by atoms with E-state index in [-0.39, 0.29) is 22.7 Å². The molecule has 2 atom stereocenters. The Bertz CT molecular complexity index is 1130. The first-order valence-electron chi connectivity index (χ1n) is 11.9. The van der Waals surface area contributed by atoms with Crippen molar-refractivity contribution in [3.8, 4) is 0 Å². The van der Waals surface area contributed by atoms with E-state index in [2.05, 4.69) is 18.8 Å². The number of aromatic nitrogens is 1. The molecule has 10 nitrogen and oxygen atoms in total. The highest BCUT2D eigenvalue weighted by Crippen LogP contribution is 2.34. The Kier molecular flexibility index (Phi) is 7.18. The third kappa shape index (κ3) is 5.52. The topological polar surface area (TPSA) is 126 Å². The molecule has 186 valence electrons. The first-order valence-corrected chi connectivity index (χ1v) is 11.9. The second-order valence-electron chi connectivity index (χ2n) is 9.61. The Morgan fingerprint density at radius 3 is 2.43 bits per heavy atom. The fourth-order valence-corrected chi connectivity index (χ4v) is 4.99. The minimum atomic E-state index is -0.822. The second-order valence-corrected chi connectivity index (χ2v) is 9.61. The van der Waals surface area contributed by atoms with E-state index < -0.39 is 23.3 Å². The molecule has 0 aliphatic carbocycles. The lowest BCUT2D eigenvalue weighted by molar-refractivity contribution is -0.384. The summed E-state index contributed by atoms with van der Waals surface area (Å²) in [4.78, 5) is 55.3. The number of benzene rings is 1. The summed E-state index contributed by atoms with van der Waals surface area (Å²) in [6, 6.07) is 5.72. The molecule has 4 rings (SSSR count). The van der Waals surface area contributed by atoms with Crippen LogP contribution in [0.25, 0.3) is 0 Å². The smallest absolute Gasteiger partial charge is 0.338 e. The molecule has 0 saturated carbocycles. The van der Waals surface area contributed by atoms with Crippen molar-refractivity contribution in [2.45, 2.75) is 33.1 Å². The number of nitrogens with one attached hydrogen (secondary N) is 1. The lowest BCUT2D eigenvalue weighted by Crippen LogP contribution is -2.39. The summed E-state index contributed by atoms with van der Waals surface area (Å²) in [5.41, 5.74) is 0.862. The molecular formula is C25H30N4O6. The van der Waals surface area contributed by atoms with Crippen LogP contribution in [-0.2, 0) is 4.74 Å². The number of piperidine rings is 1. The van der Waals surface area contributed by atoms with Gasteiger partial charge in [0.15, 0.2) is 6.61 Å². The number of rotatable bonds is 7. The summed E-state index contributed by atoms with van der Waals surface area (Å²) in [6.45, 7) is 6.51. The maximum Gasteiger partial charge on any atom is 0.338 e. The van der Waals surface area contributed by atoms with E-state index >= 15 is 0 Å². The number of ketones is 1. The van der Waals surface area contributed by atoms with Crippen LogP contribution in [0.15, 0.2) is 30.5 Å². The van der Waals surface area contributed by atoms with Crippen molar-refractivity contribution in [2.75, 3.05) is 37.7 Å². The normalized spacial score (nSPS) is 20.1. The van der Waals surface area contributed by atoms with Gasteiger partial charge >= 0.3 is 5.97 Å². The van der Waals surface area contributed by atoms with Crippen molar-refractivity contribution in [2.24, 2.45) is 11.8 Å². The number of Topliss-reactive ketones (excluding diaryl/α,β-unsaturated/α-hetero) is 1. The summed E-state index contributed by atoms with van der Waals surface area (Å²) >= 11 is 0. The average molecular weight is 483 g/mol. The van der Waals surface area contributed by atoms with E-state index in [1.165, 1.54) is 24.4 Å². The lowest BCUT2D eigenvalue weighted by atomic mass is 9.91. The second kappa shape index (κ2) is 10.3. The van der Waals surface area contributed by atoms with Crippen molar-refractivity contribution in [1.29, 1.82) is 0 Å². The van der Waals surface area contributed by atoms with E-state index in [1.807, 2.05) is 4.90 Å². The molecule has 1 aromatic heterocycles. The average Bonchev–Trinajstić information content (AvgIpc) is 3.53. The lowest BCUT2D eigenvalue weighted by Gasteiger charge is -2.36. The van der Waals surface area contributed by atoms with Crippen molar-refractivity contribution in [1.82, 2.24) is 9.88 Å². The van der Waals surface area contributed by atoms with Gasteiger partial charge in [0.2, 0.25) is 5.78 Å². The molecule has 2 fully saturated rings. The SMILES string of the molecule is CC1CC(C)CN(c2ccc(C(=O)OCC(=O)c3c[nH]c(C(=O)N4CCCC4)c3)cc2[N+](=O)[O-])C1. The van der Waals surface area contributed by atoms with E-state index in [0.29, 0.717) is 49.4 Å². The highest BCUT2D eigenvalue weighted by Gasteiger charge is 2.28. The maximum atomic E-state index is 12.6. The number of carbonyl (C=O) groups excluding carboxylic acids is 3. The summed E-state index contributed by atoms with van der Waals surface area (Å²) in [6.07, 6.45) is 4.41. The van der Waals surface area contributed by atoms with Gasteiger partial charge in [0.1, 0.15) is 11.4 Å². The highest BCUT2D eigenvalue weighted by molar-refractivity contribution is 6.02. The van der Waals surface area contributed by atoms with Crippen LogP contribution >= 0.6 is 0 Å². The zero-order chi connectivity index (χ0) is 25.1. The van der Waals surface area contributed by atoms with Gasteiger partial charge in [-0.05, 0) is 49.3 Å². The van der Waals surface area contributed by atoms with Gasteiger partial charge in [0, 0.05) is 44.0 Å². The molecule has 2 saturated heterocycles. The highest BCUT2D eigenvalue weighted by atomic mass is 16.6. The predicted molar refractivity (Wildman–Crippen MR) is 129 cm³/mol. The number of aromatic amines is 1. The fraction of sp³-hybridized carbons (Fsp3) is 0.480. The molecule has 2 aliphatic heterocycles. The van der Waals surface area contributed by atoms with Crippen LogP contribution in [0.1, 0.15) is 64.3 Å². The van der Waals surface area contributed by atoms with Crippen LogP contribution in [0.3, 0.4) is 0 Å². The number of hydrogen-bond donors (Lipinski definition) is 1. The molecule has 0 bridgehead atoms. The van der Waals surface area contributed by atoms with E-state index in [9.17, 15) is 24.5 Å². The van der Waals surface area contributed by atoms with Gasteiger partial charge in [-0.3, -0.25) is 19.7 Å². The van der Waals surface area contributed by atoms with Gasteiger partial charge in [-0.2, -0.15) is 0 Å². The third-order valence-electron chi connectivity index (χ3n) is 6.58. The Morgan fingerprint density at radius 2 is 1.77 bits per heavy atom. The molecular weight excluding hydrogens is 452 g/mol. The van der Waals surface area contributed by atoms with Gasteiger partial charge in [-0.25, -0.2) is 4.79 Å². The number of esters is 1. The van der Waals surface area contributed by atoms with E-state index in [0.717, 1.165) is 19.3 Å². The zero-order valence-electron chi connectivity index (χ0n) is 20.0. The molecule has 35 heavy (non-hydrogen) atoms. The van der Waals surface area contributed by atoms with Crippen molar-refractivity contribution < 1.29 is 24.0 Å². The number of nitro groups is 1. The first-order chi connectivity index (χ1) is 16.7. The number of carbonyl (C=O) groups is 3. The maximum absolute atomic E-state index is 12.6. The van der Waals surface area contributed by atoms with Crippen LogP contribution in [0.4, 0.5) is 11.4 Å². The Balaban J connectivity index is 1.40. The third-order valence-corrected chi connectivity index (χ3v) is 6.58. The van der Waals surface area contributed by atoms with Gasteiger partial charge in [0.05, 0.1) is 10.5 Å². The summed E-state index contributed by atoms with van der Waals surface area (Å²) in [5.74, 6) is -0.639. The van der Waals surface area contributed by atoms with Crippen molar-refractivity contribution in [3.05, 3.63) is 57.4 Å². The molecule has 1 N–H and O–H groups in total. The van der Waals surface area contributed by atoms with Gasteiger partial charge < -0.3 is 19.5 Å². The molecule has 0 radical (unpaired) electrons. The van der Waals surface area contributed by atoms with Crippen molar-refractivity contribution >= 4 is 29.0 Å². The molecule has 2 unspecified atom stereocenters. The number of amides is 1. The van der Waals surface area contributed by atoms with Gasteiger partial charge in [0.25, 0.3) is 11.6 Å². The Morgan fingerprint density at radius 1 is 1.09 bits per heavy atom. The van der Waals surface area contributed by atoms with Crippen LogP contribution in [0.5, 0.6) is 0 Å². The molecule has 2 aromatic rings. The number of nitrogens with zero attached hydrogens (tertiary/aromatic N) is 3. The Labute approximate surface area is 203 Å². The number of anilines is 1. The van der Waals surface area contributed by atoms with E-state index in [1.54, 1.807) is 11.0 Å². The minimum Gasteiger partial charge on any atom is -0.454 e. The summed E-state index contributed by atoms with van der Waals surface area (Å²) in [7, 11) is 0. The van der Waals surface area contributed by atoms with Crippen molar-refractivity contribution in [3.63, 3.8) is 0 Å². The zero-order valence-corrected chi connectivity index (χ0v) is 20.0. The summed E-state index contributed by atoms with van der Waals surface area (Å²) < 4.78 is 5.13. The van der Waals surface area contributed by atoms with Gasteiger partial charge in [-0.15, -0.1) is 0 Å². The van der Waals surface area contributed by atoms with Gasteiger partial charge in [-0.1, -0.05) is 13.8 Å². The van der Waals surface area contributed by atoms with E-state index in [4.69, 9.17) is 4.74 Å². The Hall–Kier alpha value is -3.69. The number of ether oxygens (including phenoxy) is 1. The quantitative estimate of drug-likeness (QED) is 0.276. The molecule has 1 aromatic carbocycles. The fourth-order valence-electron chi connectivity index (χ4n) is 4.99. The number of hydrogen-bond acceptors (Lipinski definition) is 7. The number of nitro benzene ring substituents is 1. The monoisotopic (exact) mass is 482 g/mol. The molecule has 10 heteroatoms. The number of H-pyrrole nitrogens is 1. The first kappa shape index (κ1) is 24.4. The standard InChI is InChI=1S/C25H30N4O6/c1-16-9-17(2)14-28(13-16)21-6-5-18(11-22(21)29(33)34)25(32)35-15-23(30)19-10-20(26-12-19)24(31)27-7-3-4-8-27/h5-6,10-12,16-17,26H,3-4,7-9,13-15H2,1-2H3. The molecule has 0 spiro atoms. The van der Waals surface area contributed by atoms with Crippen LogP contribution in [0, 0.1) is 22.0 Å². The number of likely N-dealkylation sites (tertiary alicyclic amines) is 1. The summed E-state index contributed by atoms with van der Waals surface area (Å²) in [5, 5.41) is 11.7.